The number of hydrogen-bond donors (Lipinski definition) is 2. The van der Waals surface area contributed by atoms with Crippen molar-refractivity contribution in [3.05, 3.63) is 42.1 Å². The molecule has 2 rings (SSSR count). The number of carbonyl (C=O) groups is 1. The second kappa shape index (κ2) is 7.27. The maximum atomic E-state index is 11.5. The van der Waals surface area contributed by atoms with Crippen molar-refractivity contribution in [3.8, 4) is 6.07 Å². The van der Waals surface area contributed by atoms with Crippen molar-refractivity contribution < 1.29 is 9.90 Å². The third-order valence-electron chi connectivity index (χ3n) is 3.11. The monoisotopic (exact) mass is 283 g/mol. The first-order valence-corrected chi connectivity index (χ1v) is 6.78. The average molecular weight is 283 g/mol. The predicted octanol–water partition coefficient (Wildman–Crippen LogP) is 1.68. The molecule has 1 aromatic carbocycles. The fraction of sp³-hybridized carbons (Fsp3) is 0.250. The molecule has 0 bridgehead atoms. The van der Waals surface area contributed by atoms with Gasteiger partial charge in [-0.15, -0.1) is 0 Å². The lowest BCUT2D eigenvalue weighted by Crippen LogP contribution is -2.24. The molecule has 21 heavy (non-hydrogen) atoms. The molecule has 0 spiro atoms. The summed E-state index contributed by atoms with van der Waals surface area (Å²) < 4.78 is 2.02. The number of aliphatic hydroxyl groups is 1. The molecule has 0 atom stereocenters. The van der Waals surface area contributed by atoms with E-state index in [0.717, 1.165) is 16.5 Å². The number of hydrogen-bond acceptors (Lipinski definition) is 3. The van der Waals surface area contributed by atoms with Crippen LogP contribution in [-0.4, -0.2) is 28.7 Å². The molecule has 0 aliphatic rings. The fourth-order valence-corrected chi connectivity index (χ4v) is 2.17. The van der Waals surface area contributed by atoms with E-state index >= 15 is 0 Å². The standard InChI is InChI=1S/C16H17N3O2/c17-8-3-10-19-12-13(6-7-16(21)18-9-11-20)14-4-1-2-5-15(14)19/h1-2,4-7,12,20H,3,9-11H2,(H,18,21)/b7-6+. The van der Waals surface area contributed by atoms with E-state index < -0.39 is 0 Å². The highest BCUT2D eigenvalue weighted by Gasteiger charge is 2.06. The summed E-state index contributed by atoms with van der Waals surface area (Å²) >= 11 is 0. The molecular weight excluding hydrogens is 266 g/mol. The summed E-state index contributed by atoms with van der Waals surface area (Å²) in [6, 6.07) is 10.0. The van der Waals surface area contributed by atoms with Gasteiger partial charge in [-0.1, -0.05) is 18.2 Å². The van der Waals surface area contributed by atoms with Crippen LogP contribution in [0.25, 0.3) is 17.0 Å². The van der Waals surface area contributed by atoms with Gasteiger partial charge < -0.3 is 15.0 Å². The Morgan fingerprint density at radius 3 is 3.00 bits per heavy atom. The number of nitriles is 1. The van der Waals surface area contributed by atoms with Crippen LogP contribution in [0.5, 0.6) is 0 Å². The molecule has 0 fully saturated rings. The molecule has 0 saturated carbocycles. The van der Waals surface area contributed by atoms with Crippen molar-refractivity contribution in [2.24, 2.45) is 0 Å². The number of amides is 1. The zero-order valence-electron chi connectivity index (χ0n) is 11.6. The number of aliphatic hydroxyl groups excluding tert-OH is 1. The highest BCUT2D eigenvalue weighted by molar-refractivity contribution is 5.96. The van der Waals surface area contributed by atoms with Crippen molar-refractivity contribution in [1.29, 1.82) is 5.26 Å². The number of aromatic nitrogens is 1. The van der Waals surface area contributed by atoms with E-state index in [9.17, 15) is 4.79 Å². The molecule has 1 heterocycles. The molecule has 0 aliphatic heterocycles. The van der Waals surface area contributed by atoms with Gasteiger partial charge in [0.15, 0.2) is 0 Å². The van der Waals surface area contributed by atoms with Crippen LogP contribution in [-0.2, 0) is 11.3 Å². The Balaban J connectivity index is 2.25. The molecule has 0 saturated heterocycles. The van der Waals surface area contributed by atoms with Gasteiger partial charge in [-0.3, -0.25) is 4.79 Å². The lowest BCUT2D eigenvalue weighted by Gasteiger charge is -2.00. The highest BCUT2D eigenvalue weighted by Crippen LogP contribution is 2.22. The molecular formula is C16H17N3O2. The molecule has 5 heteroatoms. The van der Waals surface area contributed by atoms with Gasteiger partial charge in [0, 0.05) is 41.8 Å². The normalized spacial score (nSPS) is 10.9. The Labute approximate surface area is 123 Å². The zero-order chi connectivity index (χ0) is 15.1. The average Bonchev–Trinajstić information content (AvgIpc) is 2.87. The summed E-state index contributed by atoms with van der Waals surface area (Å²) in [4.78, 5) is 11.5. The van der Waals surface area contributed by atoms with E-state index in [1.165, 1.54) is 6.08 Å². The number of carbonyl (C=O) groups excluding carboxylic acids is 1. The largest absolute Gasteiger partial charge is 0.395 e. The SMILES string of the molecule is N#CCCn1cc(/C=C/C(=O)NCCO)c2ccccc21. The van der Waals surface area contributed by atoms with E-state index in [4.69, 9.17) is 10.4 Å². The lowest BCUT2D eigenvalue weighted by molar-refractivity contribution is -0.116. The second-order valence-electron chi connectivity index (χ2n) is 4.55. The zero-order valence-corrected chi connectivity index (χ0v) is 11.6. The second-order valence-corrected chi connectivity index (χ2v) is 4.55. The van der Waals surface area contributed by atoms with Crippen molar-refractivity contribution in [2.75, 3.05) is 13.2 Å². The number of rotatable bonds is 6. The van der Waals surface area contributed by atoms with Crippen LogP contribution >= 0.6 is 0 Å². The maximum absolute atomic E-state index is 11.5. The Morgan fingerprint density at radius 1 is 1.43 bits per heavy atom. The van der Waals surface area contributed by atoms with Crippen molar-refractivity contribution in [2.45, 2.75) is 13.0 Å². The van der Waals surface area contributed by atoms with Crippen LogP contribution in [0.1, 0.15) is 12.0 Å². The van der Waals surface area contributed by atoms with Gasteiger partial charge in [-0.05, 0) is 12.1 Å². The molecule has 1 amide bonds. The maximum Gasteiger partial charge on any atom is 0.244 e. The van der Waals surface area contributed by atoms with Crippen LogP contribution in [0.2, 0.25) is 0 Å². The Bertz CT molecular complexity index is 695. The van der Waals surface area contributed by atoms with Gasteiger partial charge in [-0.2, -0.15) is 5.26 Å². The number of para-hydroxylation sites is 1. The van der Waals surface area contributed by atoms with Gasteiger partial charge in [0.2, 0.25) is 5.91 Å². The molecule has 5 nitrogen and oxygen atoms in total. The summed E-state index contributed by atoms with van der Waals surface area (Å²) in [6.45, 7) is 0.793. The first-order valence-electron chi connectivity index (χ1n) is 6.78. The number of fused-ring (bicyclic) bond motifs is 1. The molecule has 1 aromatic heterocycles. The predicted molar refractivity (Wildman–Crippen MR) is 81.3 cm³/mol. The first-order chi connectivity index (χ1) is 10.3. The third kappa shape index (κ3) is 3.71. The minimum Gasteiger partial charge on any atom is -0.395 e. The number of nitrogens with one attached hydrogen (secondary N) is 1. The van der Waals surface area contributed by atoms with Gasteiger partial charge in [0.05, 0.1) is 19.1 Å². The molecule has 0 radical (unpaired) electrons. The topological polar surface area (TPSA) is 78.0 Å². The van der Waals surface area contributed by atoms with Gasteiger partial charge in [0.1, 0.15) is 0 Å². The number of benzene rings is 1. The van der Waals surface area contributed by atoms with E-state index in [2.05, 4.69) is 11.4 Å². The third-order valence-corrected chi connectivity index (χ3v) is 3.11. The van der Waals surface area contributed by atoms with E-state index in [-0.39, 0.29) is 19.1 Å². The lowest BCUT2D eigenvalue weighted by atomic mass is 10.1. The number of nitrogens with zero attached hydrogens (tertiary/aromatic N) is 2. The van der Waals surface area contributed by atoms with Crippen molar-refractivity contribution >= 4 is 22.9 Å². The Morgan fingerprint density at radius 2 is 2.24 bits per heavy atom. The quantitative estimate of drug-likeness (QED) is 0.792. The summed E-state index contributed by atoms with van der Waals surface area (Å²) in [5, 5.41) is 21.0. The molecule has 0 unspecified atom stereocenters. The van der Waals surface area contributed by atoms with Crippen LogP contribution < -0.4 is 5.32 Å². The molecule has 2 aromatic rings. The summed E-state index contributed by atoms with van der Waals surface area (Å²) in [5.41, 5.74) is 1.98. The minimum absolute atomic E-state index is 0.0763. The minimum atomic E-state index is -0.238. The Kier molecular flexibility index (Phi) is 5.13. The van der Waals surface area contributed by atoms with E-state index in [1.807, 2.05) is 35.0 Å². The smallest absolute Gasteiger partial charge is 0.244 e. The summed E-state index contributed by atoms with van der Waals surface area (Å²) in [7, 11) is 0. The first kappa shape index (κ1) is 14.8. The molecule has 0 aliphatic carbocycles. The van der Waals surface area contributed by atoms with Crippen LogP contribution in [0.15, 0.2) is 36.5 Å². The van der Waals surface area contributed by atoms with Crippen LogP contribution in [0.4, 0.5) is 0 Å². The number of aryl methyl sites for hydroxylation is 1. The summed E-state index contributed by atoms with van der Waals surface area (Å²) in [5.74, 6) is -0.238. The molecule has 108 valence electrons. The van der Waals surface area contributed by atoms with Crippen LogP contribution in [0, 0.1) is 11.3 Å². The van der Waals surface area contributed by atoms with Crippen LogP contribution in [0.3, 0.4) is 0 Å². The van der Waals surface area contributed by atoms with Gasteiger partial charge in [-0.25, -0.2) is 0 Å². The van der Waals surface area contributed by atoms with Gasteiger partial charge in [0.25, 0.3) is 0 Å². The van der Waals surface area contributed by atoms with Gasteiger partial charge >= 0.3 is 0 Å². The summed E-state index contributed by atoms with van der Waals surface area (Å²) in [6.07, 6.45) is 5.58. The highest BCUT2D eigenvalue weighted by atomic mass is 16.3. The van der Waals surface area contributed by atoms with Crippen molar-refractivity contribution in [1.82, 2.24) is 9.88 Å². The van der Waals surface area contributed by atoms with E-state index in [0.29, 0.717) is 13.0 Å². The van der Waals surface area contributed by atoms with Crippen molar-refractivity contribution in [3.63, 3.8) is 0 Å². The Hall–Kier alpha value is -2.58. The van der Waals surface area contributed by atoms with E-state index in [1.54, 1.807) is 6.08 Å². The molecule has 2 N–H and O–H groups in total. The fourth-order valence-electron chi connectivity index (χ4n) is 2.17.